The fourth-order valence-corrected chi connectivity index (χ4v) is 2.60. The van der Waals surface area contributed by atoms with Crippen LogP contribution in [0.1, 0.15) is 22.3 Å². The summed E-state index contributed by atoms with van der Waals surface area (Å²) in [5.41, 5.74) is 6.76. The van der Waals surface area contributed by atoms with Crippen molar-refractivity contribution >= 4 is 23.7 Å². The molecule has 0 heterocycles. The molecule has 0 atom stereocenters. The van der Waals surface area contributed by atoms with E-state index in [1.165, 1.54) is 11.8 Å². The van der Waals surface area contributed by atoms with Crippen LogP contribution < -0.4 is 15.5 Å². The number of benzene rings is 3. The second kappa shape index (κ2) is 10.0. The van der Waals surface area contributed by atoms with Crippen molar-refractivity contribution in [3.8, 4) is 5.75 Å². The van der Waals surface area contributed by atoms with Crippen LogP contribution in [0.4, 0.5) is 5.69 Å². The molecule has 0 fully saturated rings. The number of hydrogen-bond donors (Lipinski definition) is 2. The smallest absolute Gasteiger partial charge is 0.329 e. The number of nitrogens with one attached hydrogen (secondary N) is 2. The second-order valence-electron chi connectivity index (χ2n) is 6.83. The Morgan fingerprint density at radius 1 is 0.867 bits per heavy atom. The number of anilines is 1. The van der Waals surface area contributed by atoms with Crippen LogP contribution in [0.25, 0.3) is 0 Å². The fraction of sp³-hybridized carbons (Fsp3) is 0.125. The van der Waals surface area contributed by atoms with Crippen LogP contribution >= 0.6 is 0 Å². The van der Waals surface area contributed by atoms with Crippen LogP contribution in [-0.4, -0.2) is 18.0 Å². The van der Waals surface area contributed by atoms with E-state index in [1.54, 1.807) is 12.1 Å². The maximum Gasteiger partial charge on any atom is 0.329 e. The Morgan fingerprint density at radius 3 is 2.20 bits per heavy atom. The van der Waals surface area contributed by atoms with Gasteiger partial charge in [0, 0.05) is 11.3 Å². The van der Waals surface area contributed by atoms with Crippen LogP contribution in [-0.2, 0) is 16.2 Å². The Kier molecular flexibility index (Phi) is 6.95. The van der Waals surface area contributed by atoms with E-state index in [9.17, 15) is 9.59 Å². The highest BCUT2D eigenvalue weighted by molar-refractivity contribution is 6.39. The fourth-order valence-electron chi connectivity index (χ4n) is 2.60. The number of aryl methyl sites for hydroxylation is 2. The summed E-state index contributed by atoms with van der Waals surface area (Å²) in [4.78, 5) is 23.9. The molecule has 0 saturated heterocycles. The van der Waals surface area contributed by atoms with Crippen molar-refractivity contribution in [2.24, 2.45) is 5.10 Å². The Morgan fingerprint density at radius 2 is 1.50 bits per heavy atom. The molecule has 0 saturated carbocycles. The minimum Gasteiger partial charge on any atom is -0.488 e. The minimum atomic E-state index is -0.857. The second-order valence-corrected chi connectivity index (χ2v) is 6.83. The summed E-state index contributed by atoms with van der Waals surface area (Å²) in [5.74, 6) is -1.02. The predicted molar refractivity (Wildman–Crippen MR) is 117 cm³/mol. The lowest BCUT2D eigenvalue weighted by Crippen LogP contribution is -2.32. The van der Waals surface area contributed by atoms with Crippen molar-refractivity contribution in [2.45, 2.75) is 20.5 Å². The van der Waals surface area contributed by atoms with Gasteiger partial charge in [0.2, 0.25) is 0 Å². The Hall–Kier alpha value is -3.93. The molecule has 3 aromatic rings. The van der Waals surface area contributed by atoms with Gasteiger partial charge in [-0.1, -0.05) is 59.7 Å². The molecule has 0 aromatic heterocycles. The molecule has 2 amide bonds. The molecule has 3 rings (SSSR count). The average molecular weight is 401 g/mol. The third kappa shape index (κ3) is 6.04. The third-order valence-electron chi connectivity index (χ3n) is 4.32. The van der Waals surface area contributed by atoms with Crippen LogP contribution in [0.15, 0.2) is 77.9 Å². The Bertz CT molecular complexity index is 1040. The van der Waals surface area contributed by atoms with E-state index in [2.05, 4.69) is 15.8 Å². The van der Waals surface area contributed by atoms with Crippen molar-refractivity contribution in [2.75, 3.05) is 5.32 Å². The van der Waals surface area contributed by atoms with Crippen molar-refractivity contribution in [1.82, 2.24) is 5.43 Å². The number of carbonyl (C=O) groups is 2. The first-order chi connectivity index (χ1) is 14.5. The standard InChI is InChI=1S/C24H23N3O3/c1-17-7-11-19(12-8-17)16-30-22-6-4-3-5-20(22)15-25-27-24(29)23(28)26-21-13-9-18(2)10-14-21/h3-15H,16H2,1-2H3,(H,26,28)(H,27,29)/b25-15-. The zero-order chi connectivity index (χ0) is 21.3. The van der Waals surface area contributed by atoms with Crippen LogP contribution in [0.5, 0.6) is 5.75 Å². The van der Waals surface area contributed by atoms with E-state index in [0.29, 0.717) is 23.6 Å². The summed E-state index contributed by atoms with van der Waals surface area (Å²) in [6.07, 6.45) is 1.45. The summed E-state index contributed by atoms with van der Waals surface area (Å²) in [6.45, 7) is 4.39. The molecule has 2 N–H and O–H groups in total. The van der Waals surface area contributed by atoms with E-state index in [4.69, 9.17) is 4.74 Å². The summed E-state index contributed by atoms with van der Waals surface area (Å²) < 4.78 is 5.87. The van der Waals surface area contributed by atoms with Gasteiger partial charge in [0.15, 0.2) is 0 Å². The van der Waals surface area contributed by atoms with Crippen LogP contribution in [0, 0.1) is 13.8 Å². The molecule has 6 nitrogen and oxygen atoms in total. The summed E-state index contributed by atoms with van der Waals surface area (Å²) >= 11 is 0. The summed E-state index contributed by atoms with van der Waals surface area (Å²) in [5, 5.41) is 6.40. The van der Waals surface area contributed by atoms with E-state index in [1.807, 2.05) is 74.5 Å². The highest BCUT2D eigenvalue weighted by Gasteiger charge is 2.12. The summed E-state index contributed by atoms with van der Waals surface area (Å²) in [7, 11) is 0. The molecule has 0 aliphatic heterocycles. The Labute approximate surface area is 175 Å². The molecule has 0 unspecified atom stereocenters. The van der Waals surface area contributed by atoms with Crippen molar-refractivity contribution in [3.05, 3.63) is 95.1 Å². The van der Waals surface area contributed by atoms with Crippen molar-refractivity contribution < 1.29 is 14.3 Å². The maximum atomic E-state index is 12.0. The molecular formula is C24H23N3O3. The highest BCUT2D eigenvalue weighted by Crippen LogP contribution is 2.18. The van der Waals surface area contributed by atoms with Gasteiger partial charge in [-0.3, -0.25) is 9.59 Å². The van der Waals surface area contributed by atoms with Gasteiger partial charge < -0.3 is 10.1 Å². The monoisotopic (exact) mass is 401 g/mol. The Balaban J connectivity index is 1.56. The highest BCUT2D eigenvalue weighted by atomic mass is 16.5. The number of hydrazone groups is 1. The molecule has 0 spiro atoms. The first kappa shape index (κ1) is 20.8. The number of amides is 2. The number of nitrogens with zero attached hydrogens (tertiary/aromatic N) is 1. The SMILES string of the molecule is Cc1ccc(COc2ccccc2/C=N\NC(=O)C(=O)Nc2ccc(C)cc2)cc1. The zero-order valence-electron chi connectivity index (χ0n) is 16.9. The van der Waals surface area contributed by atoms with Gasteiger partial charge in [0.1, 0.15) is 12.4 Å². The van der Waals surface area contributed by atoms with Gasteiger partial charge in [0.05, 0.1) is 6.21 Å². The lowest BCUT2D eigenvalue weighted by Gasteiger charge is -2.09. The van der Waals surface area contributed by atoms with E-state index < -0.39 is 11.8 Å². The first-order valence-electron chi connectivity index (χ1n) is 9.50. The molecule has 0 radical (unpaired) electrons. The van der Waals surface area contributed by atoms with E-state index in [-0.39, 0.29) is 0 Å². The maximum absolute atomic E-state index is 12.0. The molecule has 0 bridgehead atoms. The first-order valence-corrected chi connectivity index (χ1v) is 9.50. The van der Waals surface area contributed by atoms with Gasteiger partial charge in [0.25, 0.3) is 0 Å². The van der Waals surface area contributed by atoms with Gasteiger partial charge in [-0.15, -0.1) is 0 Å². The molecule has 30 heavy (non-hydrogen) atoms. The number of hydrogen-bond acceptors (Lipinski definition) is 4. The largest absolute Gasteiger partial charge is 0.488 e. The van der Waals surface area contributed by atoms with Crippen molar-refractivity contribution in [1.29, 1.82) is 0 Å². The van der Waals surface area contributed by atoms with Gasteiger partial charge in [-0.2, -0.15) is 5.10 Å². The summed E-state index contributed by atoms with van der Waals surface area (Å²) in [6, 6.07) is 22.6. The van der Waals surface area contributed by atoms with Crippen LogP contribution in [0.2, 0.25) is 0 Å². The van der Waals surface area contributed by atoms with Crippen LogP contribution in [0.3, 0.4) is 0 Å². The number of carbonyl (C=O) groups excluding carboxylic acids is 2. The molecule has 3 aromatic carbocycles. The predicted octanol–water partition coefficient (Wildman–Crippen LogP) is 3.97. The third-order valence-corrected chi connectivity index (χ3v) is 4.32. The average Bonchev–Trinajstić information content (AvgIpc) is 2.75. The van der Waals surface area contributed by atoms with Crippen molar-refractivity contribution in [3.63, 3.8) is 0 Å². The minimum absolute atomic E-state index is 0.413. The zero-order valence-corrected chi connectivity index (χ0v) is 16.9. The number of rotatable bonds is 6. The van der Waals surface area contributed by atoms with E-state index >= 15 is 0 Å². The normalized spacial score (nSPS) is 10.6. The molecular weight excluding hydrogens is 378 g/mol. The molecule has 0 aliphatic carbocycles. The quantitative estimate of drug-likeness (QED) is 0.373. The van der Waals surface area contributed by atoms with Gasteiger partial charge >= 0.3 is 11.8 Å². The van der Waals surface area contributed by atoms with Gasteiger partial charge in [-0.05, 0) is 43.7 Å². The topological polar surface area (TPSA) is 79.8 Å². The lowest BCUT2D eigenvalue weighted by atomic mass is 10.1. The molecule has 0 aliphatic rings. The molecule has 152 valence electrons. The number of ether oxygens (including phenoxy) is 1. The lowest BCUT2D eigenvalue weighted by molar-refractivity contribution is -0.136. The number of para-hydroxylation sites is 1. The van der Waals surface area contributed by atoms with E-state index in [0.717, 1.165) is 11.1 Å². The van der Waals surface area contributed by atoms with Gasteiger partial charge in [-0.25, -0.2) is 5.43 Å². The molecule has 6 heteroatoms.